The molecule has 1 aliphatic heterocycles. The molecule has 0 bridgehead atoms. The Morgan fingerprint density at radius 1 is 0.964 bits per heavy atom. The molecule has 0 spiro atoms. The molecule has 1 saturated heterocycles. The van der Waals surface area contributed by atoms with Gasteiger partial charge in [0.25, 0.3) is 0 Å². The van der Waals surface area contributed by atoms with Crippen LogP contribution in [0.25, 0.3) is 0 Å². The summed E-state index contributed by atoms with van der Waals surface area (Å²) in [4.78, 5) is 26.3. The molecule has 5 nitrogen and oxygen atoms in total. The van der Waals surface area contributed by atoms with Crippen molar-refractivity contribution < 1.29 is 9.59 Å². The van der Waals surface area contributed by atoms with Crippen LogP contribution in [0.5, 0.6) is 0 Å². The lowest BCUT2D eigenvalue weighted by molar-refractivity contribution is -0.133. The number of nitrogens with two attached hydrogens (primary N) is 1. The number of piperidine rings is 1. The Hall–Kier alpha value is -2.53. The zero-order valence-corrected chi connectivity index (χ0v) is 16.8. The molecule has 0 aromatic heterocycles. The van der Waals surface area contributed by atoms with E-state index in [-0.39, 0.29) is 37.2 Å². The fourth-order valence-electron chi connectivity index (χ4n) is 3.50. The lowest BCUT2D eigenvalue weighted by Gasteiger charge is -2.32. The fourth-order valence-corrected chi connectivity index (χ4v) is 3.50. The highest BCUT2D eigenvalue weighted by atomic mass is 35.5. The summed E-state index contributed by atoms with van der Waals surface area (Å²) in [6.07, 6.45) is 3.36. The summed E-state index contributed by atoms with van der Waals surface area (Å²) >= 11 is 0. The van der Waals surface area contributed by atoms with Crippen LogP contribution in [0.15, 0.2) is 54.6 Å². The molecule has 0 radical (unpaired) electrons. The van der Waals surface area contributed by atoms with Crippen molar-refractivity contribution >= 4 is 29.9 Å². The number of hydrogen-bond donors (Lipinski definition) is 2. The van der Waals surface area contributed by atoms with E-state index in [0.29, 0.717) is 11.6 Å². The van der Waals surface area contributed by atoms with Crippen molar-refractivity contribution in [2.75, 3.05) is 25.4 Å². The first-order valence-corrected chi connectivity index (χ1v) is 9.53. The van der Waals surface area contributed by atoms with Gasteiger partial charge in [0, 0.05) is 18.8 Å². The van der Waals surface area contributed by atoms with Gasteiger partial charge in [-0.1, -0.05) is 42.5 Å². The van der Waals surface area contributed by atoms with E-state index in [4.69, 9.17) is 5.73 Å². The summed E-state index contributed by atoms with van der Waals surface area (Å²) < 4.78 is 0. The van der Waals surface area contributed by atoms with Crippen molar-refractivity contribution in [3.8, 4) is 0 Å². The number of rotatable bonds is 6. The van der Waals surface area contributed by atoms with Crippen molar-refractivity contribution in [3.63, 3.8) is 0 Å². The lowest BCUT2D eigenvalue weighted by atomic mass is 9.90. The topological polar surface area (TPSA) is 75.4 Å². The predicted octanol–water partition coefficient (Wildman–Crippen LogP) is 2.83. The molecule has 6 heteroatoms. The molecule has 0 atom stereocenters. The second-order valence-electron chi connectivity index (χ2n) is 7.21. The molecular weight excluding hydrogens is 374 g/mol. The van der Waals surface area contributed by atoms with Gasteiger partial charge in [0.05, 0.1) is 13.0 Å². The van der Waals surface area contributed by atoms with Gasteiger partial charge in [-0.25, -0.2) is 0 Å². The van der Waals surface area contributed by atoms with Gasteiger partial charge in [-0.05, 0) is 48.4 Å². The van der Waals surface area contributed by atoms with Crippen LogP contribution in [-0.4, -0.2) is 36.3 Å². The van der Waals surface area contributed by atoms with Crippen molar-refractivity contribution in [2.24, 2.45) is 5.92 Å². The van der Waals surface area contributed by atoms with E-state index >= 15 is 0 Å². The molecule has 2 amide bonds. The maximum absolute atomic E-state index is 12.4. The molecule has 150 valence electrons. The van der Waals surface area contributed by atoms with Crippen molar-refractivity contribution in [1.29, 1.82) is 0 Å². The fraction of sp³-hybridized carbons (Fsp3) is 0.364. The summed E-state index contributed by atoms with van der Waals surface area (Å²) in [6.45, 7) is 1.60. The SMILES string of the molecule is Cl.Nc1ccc(CC(=O)NCC(=O)N2CCC(Cc3ccccc3)CC2)cc1. The van der Waals surface area contributed by atoms with Crippen LogP contribution in [0.1, 0.15) is 24.0 Å². The van der Waals surface area contributed by atoms with E-state index in [0.717, 1.165) is 37.9 Å². The molecular formula is C22H28ClN3O2. The van der Waals surface area contributed by atoms with E-state index in [1.807, 2.05) is 23.1 Å². The highest BCUT2D eigenvalue weighted by Gasteiger charge is 2.23. The molecule has 1 fully saturated rings. The molecule has 1 heterocycles. The number of halogens is 1. The molecule has 1 aliphatic rings. The van der Waals surface area contributed by atoms with Gasteiger partial charge in [-0.15, -0.1) is 12.4 Å². The second kappa shape index (κ2) is 10.7. The Bertz CT molecular complexity index is 757. The van der Waals surface area contributed by atoms with Gasteiger partial charge < -0.3 is 16.0 Å². The third-order valence-corrected chi connectivity index (χ3v) is 5.12. The van der Waals surface area contributed by atoms with Gasteiger partial charge >= 0.3 is 0 Å². The normalized spacial score (nSPS) is 14.2. The van der Waals surface area contributed by atoms with Crippen LogP contribution < -0.4 is 11.1 Å². The molecule has 3 rings (SSSR count). The van der Waals surface area contributed by atoms with E-state index in [2.05, 4.69) is 29.6 Å². The lowest BCUT2D eigenvalue weighted by Crippen LogP contribution is -2.44. The average molecular weight is 402 g/mol. The van der Waals surface area contributed by atoms with Crippen LogP contribution in [-0.2, 0) is 22.4 Å². The highest BCUT2D eigenvalue weighted by Crippen LogP contribution is 2.21. The summed E-state index contributed by atoms with van der Waals surface area (Å²) in [5, 5.41) is 2.73. The maximum atomic E-state index is 12.4. The van der Waals surface area contributed by atoms with E-state index in [1.54, 1.807) is 12.1 Å². The number of nitrogens with zero attached hydrogens (tertiary/aromatic N) is 1. The quantitative estimate of drug-likeness (QED) is 0.731. The van der Waals surface area contributed by atoms with Gasteiger partial charge in [0.2, 0.25) is 11.8 Å². The van der Waals surface area contributed by atoms with Crippen molar-refractivity contribution in [1.82, 2.24) is 10.2 Å². The monoisotopic (exact) mass is 401 g/mol. The van der Waals surface area contributed by atoms with Gasteiger partial charge in [-0.3, -0.25) is 9.59 Å². The number of anilines is 1. The number of carbonyl (C=O) groups excluding carboxylic acids is 2. The van der Waals surface area contributed by atoms with E-state index in [9.17, 15) is 9.59 Å². The number of likely N-dealkylation sites (tertiary alicyclic amines) is 1. The Kier molecular flexibility index (Phi) is 8.33. The Labute approximate surface area is 172 Å². The predicted molar refractivity (Wildman–Crippen MR) is 114 cm³/mol. The van der Waals surface area contributed by atoms with Gasteiger partial charge in [-0.2, -0.15) is 0 Å². The first-order valence-electron chi connectivity index (χ1n) is 9.53. The second-order valence-corrected chi connectivity index (χ2v) is 7.21. The maximum Gasteiger partial charge on any atom is 0.241 e. The number of nitrogens with one attached hydrogen (secondary N) is 1. The molecule has 28 heavy (non-hydrogen) atoms. The average Bonchev–Trinajstić information content (AvgIpc) is 2.69. The van der Waals surface area contributed by atoms with Crippen LogP contribution in [0.4, 0.5) is 5.69 Å². The number of hydrogen-bond acceptors (Lipinski definition) is 3. The molecule has 0 unspecified atom stereocenters. The van der Waals surface area contributed by atoms with Crippen molar-refractivity contribution in [2.45, 2.75) is 25.7 Å². The standard InChI is InChI=1S/C22H27N3O2.ClH/c23-20-8-6-18(7-9-20)15-21(26)24-16-22(27)25-12-10-19(11-13-25)14-17-4-2-1-3-5-17;/h1-9,19H,10-16,23H2,(H,24,26);1H. The Morgan fingerprint density at radius 3 is 2.25 bits per heavy atom. The molecule has 3 N–H and O–H groups in total. The zero-order chi connectivity index (χ0) is 19.1. The number of benzene rings is 2. The Morgan fingerprint density at radius 2 is 1.61 bits per heavy atom. The van der Waals surface area contributed by atoms with Crippen LogP contribution in [0, 0.1) is 5.92 Å². The molecule has 0 aliphatic carbocycles. The third kappa shape index (κ3) is 6.57. The zero-order valence-electron chi connectivity index (χ0n) is 16.0. The number of nitrogen functional groups attached to an aromatic ring is 1. The van der Waals surface area contributed by atoms with E-state index < -0.39 is 0 Å². The van der Waals surface area contributed by atoms with Crippen molar-refractivity contribution in [3.05, 3.63) is 65.7 Å². The molecule has 2 aromatic rings. The first kappa shape index (κ1) is 21.8. The van der Waals surface area contributed by atoms with Crippen LogP contribution in [0.2, 0.25) is 0 Å². The minimum absolute atomic E-state index is 0. The van der Waals surface area contributed by atoms with Crippen LogP contribution in [0.3, 0.4) is 0 Å². The van der Waals surface area contributed by atoms with Gasteiger partial charge in [0.1, 0.15) is 0 Å². The summed E-state index contributed by atoms with van der Waals surface area (Å²) in [7, 11) is 0. The number of amides is 2. The smallest absolute Gasteiger partial charge is 0.241 e. The largest absolute Gasteiger partial charge is 0.399 e. The van der Waals surface area contributed by atoms with Crippen LogP contribution >= 0.6 is 12.4 Å². The summed E-state index contributed by atoms with van der Waals surface area (Å²) in [5.41, 5.74) is 8.56. The Balaban J connectivity index is 0.00000280. The third-order valence-electron chi connectivity index (χ3n) is 5.12. The number of carbonyl (C=O) groups is 2. The molecule has 2 aromatic carbocycles. The van der Waals surface area contributed by atoms with E-state index in [1.165, 1.54) is 5.56 Å². The highest BCUT2D eigenvalue weighted by molar-refractivity contribution is 5.86. The summed E-state index contributed by atoms with van der Waals surface area (Å²) in [5.74, 6) is 0.475. The minimum Gasteiger partial charge on any atom is -0.399 e. The summed E-state index contributed by atoms with van der Waals surface area (Å²) in [6, 6.07) is 17.7. The molecule has 0 saturated carbocycles. The van der Waals surface area contributed by atoms with Gasteiger partial charge in [0.15, 0.2) is 0 Å². The minimum atomic E-state index is -0.146. The first-order chi connectivity index (χ1) is 13.1.